The first-order valence-corrected chi connectivity index (χ1v) is 5.47. The van der Waals surface area contributed by atoms with E-state index in [2.05, 4.69) is 13.8 Å². The van der Waals surface area contributed by atoms with Gasteiger partial charge in [0.25, 0.3) is 0 Å². The molecular weight excluding hydrogens is 148 g/mol. The molecule has 1 heteroatoms. The Balaban J connectivity index is 2.45. The number of rotatable bonds is 3. The summed E-state index contributed by atoms with van der Waals surface area (Å²) in [5.74, 6) is 1.37. The van der Waals surface area contributed by atoms with E-state index < -0.39 is 0 Å². The average molecular weight is 170 g/mol. The van der Waals surface area contributed by atoms with E-state index >= 15 is 0 Å². The largest absolute Gasteiger partial charge is 0.393 e. The van der Waals surface area contributed by atoms with E-state index in [4.69, 9.17) is 0 Å². The van der Waals surface area contributed by atoms with Gasteiger partial charge in [-0.15, -0.1) is 0 Å². The maximum atomic E-state index is 9.80. The van der Waals surface area contributed by atoms with Crippen molar-refractivity contribution in [2.24, 2.45) is 11.8 Å². The zero-order valence-corrected chi connectivity index (χ0v) is 8.42. The molecule has 0 aliphatic heterocycles. The summed E-state index contributed by atoms with van der Waals surface area (Å²) < 4.78 is 0. The van der Waals surface area contributed by atoms with Gasteiger partial charge in [0.15, 0.2) is 0 Å². The van der Waals surface area contributed by atoms with Crippen LogP contribution in [-0.4, -0.2) is 11.2 Å². The van der Waals surface area contributed by atoms with Crippen LogP contribution in [0.25, 0.3) is 0 Å². The zero-order valence-electron chi connectivity index (χ0n) is 8.42. The minimum absolute atomic E-state index is 0.00338. The topological polar surface area (TPSA) is 20.2 Å². The van der Waals surface area contributed by atoms with Gasteiger partial charge in [0.2, 0.25) is 0 Å². The summed E-state index contributed by atoms with van der Waals surface area (Å²) in [7, 11) is 0. The molecule has 0 radical (unpaired) electrons. The molecule has 0 aromatic rings. The Labute approximate surface area is 76.2 Å². The highest BCUT2D eigenvalue weighted by molar-refractivity contribution is 4.79. The van der Waals surface area contributed by atoms with Gasteiger partial charge in [-0.2, -0.15) is 0 Å². The van der Waals surface area contributed by atoms with Crippen LogP contribution in [-0.2, 0) is 0 Å². The molecule has 0 amide bonds. The highest BCUT2D eigenvalue weighted by atomic mass is 16.3. The second kappa shape index (κ2) is 4.86. The van der Waals surface area contributed by atoms with Gasteiger partial charge in [-0.3, -0.25) is 0 Å². The van der Waals surface area contributed by atoms with Gasteiger partial charge < -0.3 is 5.11 Å². The van der Waals surface area contributed by atoms with Crippen molar-refractivity contribution in [3.63, 3.8) is 0 Å². The summed E-state index contributed by atoms with van der Waals surface area (Å²) in [4.78, 5) is 0. The third-order valence-corrected chi connectivity index (χ3v) is 3.44. The molecule has 0 heterocycles. The quantitative estimate of drug-likeness (QED) is 0.690. The second-order valence-corrected chi connectivity index (χ2v) is 4.09. The van der Waals surface area contributed by atoms with Crippen molar-refractivity contribution >= 4 is 0 Å². The van der Waals surface area contributed by atoms with Crippen LogP contribution < -0.4 is 0 Å². The van der Waals surface area contributed by atoms with Crippen molar-refractivity contribution in [3.05, 3.63) is 0 Å². The maximum absolute atomic E-state index is 9.80. The van der Waals surface area contributed by atoms with Crippen molar-refractivity contribution in [2.45, 2.75) is 58.5 Å². The molecule has 1 nitrogen and oxygen atoms in total. The fraction of sp³-hybridized carbons (Fsp3) is 1.00. The van der Waals surface area contributed by atoms with Crippen molar-refractivity contribution in [2.75, 3.05) is 0 Å². The predicted molar refractivity (Wildman–Crippen MR) is 52.0 cm³/mol. The molecule has 1 rings (SSSR count). The number of hydrogen-bond donors (Lipinski definition) is 1. The Morgan fingerprint density at radius 1 is 1.17 bits per heavy atom. The van der Waals surface area contributed by atoms with Crippen LogP contribution in [0.2, 0.25) is 0 Å². The Bertz CT molecular complexity index is 118. The smallest absolute Gasteiger partial charge is 0.0571 e. The molecule has 0 aromatic carbocycles. The minimum atomic E-state index is 0.00338. The summed E-state index contributed by atoms with van der Waals surface area (Å²) in [6, 6.07) is 0. The molecule has 1 saturated carbocycles. The average Bonchev–Trinajstić information content (AvgIpc) is 2.10. The van der Waals surface area contributed by atoms with Gasteiger partial charge >= 0.3 is 0 Å². The van der Waals surface area contributed by atoms with Crippen molar-refractivity contribution in [3.8, 4) is 0 Å². The molecule has 1 N–H and O–H groups in total. The Hall–Kier alpha value is -0.0400. The van der Waals surface area contributed by atoms with E-state index in [1.54, 1.807) is 0 Å². The van der Waals surface area contributed by atoms with Gasteiger partial charge in [-0.05, 0) is 24.7 Å². The van der Waals surface area contributed by atoms with Crippen molar-refractivity contribution in [1.29, 1.82) is 0 Å². The van der Waals surface area contributed by atoms with E-state index in [1.807, 2.05) is 0 Å². The fourth-order valence-corrected chi connectivity index (χ4v) is 2.58. The Morgan fingerprint density at radius 2 is 1.75 bits per heavy atom. The van der Waals surface area contributed by atoms with Gasteiger partial charge in [0, 0.05) is 0 Å². The third kappa shape index (κ3) is 2.22. The number of aliphatic hydroxyl groups is 1. The lowest BCUT2D eigenvalue weighted by molar-refractivity contribution is 0.0342. The van der Waals surface area contributed by atoms with Crippen LogP contribution >= 0.6 is 0 Å². The fourth-order valence-electron chi connectivity index (χ4n) is 2.58. The molecule has 0 saturated heterocycles. The lowest BCUT2D eigenvalue weighted by Crippen LogP contribution is -2.30. The summed E-state index contributed by atoms with van der Waals surface area (Å²) in [5.41, 5.74) is 0. The molecule has 0 aromatic heterocycles. The number of hydrogen-bond acceptors (Lipinski definition) is 1. The van der Waals surface area contributed by atoms with Crippen LogP contribution in [0.4, 0.5) is 0 Å². The molecule has 2 unspecified atom stereocenters. The molecule has 1 aliphatic rings. The van der Waals surface area contributed by atoms with E-state index in [0.29, 0.717) is 5.92 Å². The molecule has 12 heavy (non-hydrogen) atoms. The van der Waals surface area contributed by atoms with Gasteiger partial charge in [0.05, 0.1) is 6.10 Å². The Morgan fingerprint density at radius 3 is 2.25 bits per heavy atom. The summed E-state index contributed by atoms with van der Waals surface area (Å²) in [6.07, 6.45) is 7.34. The minimum Gasteiger partial charge on any atom is -0.393 e. The van der Waals surface area contributed by atoms with Crippen LogP contribution in [0.3, 0.4) is 0 Å². The first-order valence-electron chi connectivity index (χ1n) is 5.47. The van der Waals surface area contributed by atoms with Crippen LogP contribution in [0.15, 0.2) is 0 Å². The van der Waals surface area contributed by atoms with Crippen molar-refractivity contribution < 1.29 is 5.11 Å². The molecule has 72 valence electrons. The SMILES string of the molecule is CCC(CC)C1CCCCC1O. The summed E-state index contributed by atoms with van der Waals surface area (Å²) in [6.45, 7) is 4.49. The highest BCUT2D eigenvalue weighted by Crippen LogP contribution is 2.33. The Kier molecular flexibility index (Phi) is 4.07. The van der Waals surface area contributed by atoms with E-state index in [9.17, 15) is 5.11 Å². The maximum Gasteiger partial charge on any atom is 0.0571 e. The monoisotopic (exact) mass is 170 g/mol. The van der Waals surface area contributed by atoms with Gasteiger partial charge in [-0.1, -0.05) is 39.5 Å². The first kappa shape index (κ1) is 10.0. The lowest BCUT2D eigenvalue weighted by atomic mass is 9.76. The molecule has 2 atom stereocenters. The molecular formula is C11H22O. The highest BCUT2D eigenvalue weighted by Gasteiger charge is 2.28. The molecule has 0 spiro atoms. The van der Waals surface area contributed by atoms with Gasteiger partial charge in [0.1, 0.15) is 0 Å². The summed E-state index contributed by atoms with van der Waals surface area (Å²) in [5, 5.41) is 9.80. The van der Waals surface area contributed by atoms with Crippen molar-refractivity contribution in [1.82, 2.24) is 0 Å². The van der Waals surface area contributed by atoms with E-state index in [1.165, 1.54) is 32.1 Å². The number of aliphatic hydroxyl groups excluding tert-OH is 1. The first-order chi connectivity index (χ1) is 5.79. The van der Waals surface area contributed by atoms with Crippen LogP contribution in [0.1, 0.15) is 52.4 Å². The third-order valence-electron chi connectivity index (χ3n) is 3.44. The second-order valence-electron chi connectivity index (χ2n) is 4.09. The molecule has 1 fully saturated rings. The van der Waals surface area contributed by atoms with E-state index in [0.717, 1.165) is 12.3 Å². The molecule has 1 aliphatic carbocycles. The zero-order chi connectivity index (χ0) is 8.97. The standard InChI is InChI=1S/C11H22O/c1-3-9(4-2)10-7-5-6-8-11(10)12/h9-12H,3-8H2,1-2H3. The predicted octanol–water partition coefficient (Wildman–Crippen LogP) is 2.97. The molecule has 0 bridgehead atoms. The normalized spacial score (nSPS) is 31.0. The van der Waals surface area contributed by atoms with Crippen LogP contribution in [0.5, 0.6) is 0 Å². The van der Waals surface area contributed by atoms with Gasteiger partial charge in [-0.25, -0.2) is 0 Å². The van der Waals surface area contributed by atoms with E-state index in [-0.39, 0.29) is 6.10 Å². The van der Waals surface area contributed by atoms with Crippen LogP contribution in [0, 0.1) is 11.8 Å². The summed E-state index contributed by atoms with van der Waals surface area (Å²) >= 11 is 0. The lowest BCUT2D eigenvalue weighted by Gasteiger charge is -2.33.